The van der Waals surface area contributed by atoms with E-state index in [-0.39, 0.29) is 102 Å². The third-order valence-corrected chi connectivity index (χ3v) is 31.1. The second-order valence-electron chi connectivity index (χ2n) is 30.7. The number of nitrogens with zero attached hydrogens (tertiary/aromatic N) is 21. The summed E-state index contributed by atoms with van der Waals surface area (Å²) in [4.78, 5) is 145. The Bertz CT molecular complexity index is 6670. The van der Waals surface area contributed by atoms with Crippen LogP contribution < -0.4 is 51.1 Å². The summed E-state index contributed by atoms with van der Waals surface area (Å²) < 4.78 is 247. The van der Waals surface area contributed by atoms with Crippen molar-refractivity contribution in [2.75, 3.05) is 74.0 Å². The van der Waals surface area contributed by atoms with Crippen LogP contribution in [0.15, 0.2) is 70.2 Å². The van der Waals surface area contributed by atoms with Gasteiger partial charge in [0.2, 0.25) is 36.5 Å². The molecule has 78 heteroatoms. The van der Waals surface area contributed by atoms with Gasteiger partial charge < -0.3 is 119 Å². The third-order valence-electron chi connectivity index (χ3n) is 21.8. The molecule has 21 rings (SSSR count). The lowest BCUT2D eigenvalue weighted by atomic mass is 10.1. The van der Waals surface area contributed by atoms with E-state index in [0.717, 1.165) is 32.7 Å². The lowest BCUT2D eigenvalue weighted by Gasteiger charge is -2.28. The van der Waals surface area contributed by atoms with E-state index in [0.29, 0.717) is 14.0 Å². The van der Waals surface area contributed by atoms with E-state index in [4.69, 9.17) is 188 Å². The van der Waals surface area contributed by atoms with E-state index in [9.17, 15) is 43.7 Å². The first-order valence-corrected chi connectivity index (χ1v) is 54.5. The van der Waals surface area contributed by atoms with Gasteiger partial charge in [-0.1, -0.05) is 15.6 Å². The molecule has 57 nitrogen and oxygen atoms in total. The number of nitrogen functional groups attached to an aromatic ring is 6. The minimum absolute atomic E-state index is 0.00930. The minimum atomic E-state index is -4.61. The molecule has 12 aromatic rings. The number of aromatic nitrogens is 24. The molecule has 9 saturated heterocycles. The fraction of sp³-hybridized carbons (Fsp3) is 0.500. The first kappa shape index (κ1) is 98.6. The Morgan fingerprint density at radius 1 is 0.348 bits per heavy atom. The predicted molar refractivity (Wildman–Crippen MR) is 464 cm³/mol. The quantitative estimate of drug-likeness (QED) is 0.0793. The van der Waals surface area contributed by atoms with Crippen LogP contribution >= 0.6 is 40.3 Å². The van der Waals surface area contributed by atoms with Crippen molar-refractivity contribution in [2.24, 2.45) is 0 Å². The predicted octanol–water partition coefficient (Wildman–Crippen LogP) is 0.429. The van der Waals surface area contributed by atoms with Crippen molar-refractivity contribution < 1.29 is 152 Å². The monoisotopic (exact) mass is 2180 g/mol. The molecule has 0 spiro atoms. The number of halogens is 9. The van der Waals surface area contributed by atoms with E-state index in [1.165, 1.54) is 36.8 Å². The number of pyridine rings is 3. The lowest BCUT2D eigenvalue weighted by Crippen LogP contribution is -2.41. The number of fused-ring (bicyclic) bond motifs is 15. The Morgan fingerprint density at radius 3 is 0.841 bits per heavy atom. The molecule has 27 atom stereocenters. The highest BCUT2D eigenvalue weighted by atomic mass is 32.5. The average Bonchev–Trinajstić information content (AvgIpc) is 1.59. The zero-order chi connectivity index (χ0) is 98.3. The van der Waals surface area contributed by atoms with Crippen molar-refractivity contribution in [3.63, 3.8) is 0 Å². The van der Waals surface area contributed by atoms with Crippen LogP contribution in [0.2, 0.25) is 0 Å². The zero-order valence-corrected chi connectivity index (χ0v) is 78.0. The maximum Gasteiger partial charge on any atom is 0.325 e. The van der Waals surface area contributed by atoms with E-state index in [2.05, 4.69) is 90.7 Å². The molecule has 12 aromatic heterocycles. The van der Waals surface area contributed by atoms with Gasteiger partial charge >= 0.3 is 58.1 Å². The summed E-state index contributed by atoms with van der Waals surface area (Å²) in [7, 11) is 0. The van der Waals surface area contributed by atoms with E-state index in [1.54, 1.807) is 0 Å². The van der Waals surface area contributed by atoms with Crippen LogP contribution in [0, 0.1) is 0 Å². The van der Waals surface area contributed by atoms with Crippen molar-refractivity contribution in [2.45, 2.75) is 147 Å². The number of hydrogen-bond donors (Lipinski definition) is 15. The van der Waals surface area contributed by atoms with Crippen LogP contribution in [0.25, 0.3) is 67.0 Å². The largest absolute Gasteiger partial charge is 0.397 e. The second kappa shape index (κ2) is 36.3. The summed E-state index contributed by atoms with van der Waals surface area (Å²) in [5.74, 6) is -12.9. The molecule has 9 aliphatic heterocycles. The van der Waals surface area contributed by atoms with Crippen molar-refractivity contribution in [1.82, 2.24) is 118 Å². The van der Waals surface area contributed by atoms with Gasteiger partial charge in [0.15, 0.2) is 122 Å². The number of imidazole rings is 3. The van der Waals surface area contributed by atoms with Gasteiger partial charge in [0.05, 0.1) is 75.7 Å². The molecule has 0 aliphatic carbocycles. The molecule has 0 saturated carbocycles. The first-order chi connectivity index (χ1) is 64.9. The number of rotatable bonds is 6. The topological polar surface area (TPSA) is 765 Å². The number of nitrogens with two attached hydrogens (primary N) is 6. The van der Waals surface area contributed by atoms with Gasteiger partial charge in [0.1, 0.15) is 54.9 Å². The molecule has 9 fully saturated rings. The maximum absolute atomic E-state index is 16.0. The molecule has 138 heavy (non-hydrogen) atoms. The van der Waals surface area contributed by atoms with Crippen molar-refractivity contribution in [3.05, 3.63) is 86.8 Å². The van der Waals surface area contributed by atoms with Gasteiger partial charge in [-0.15, -0.1) is 15.3 Å². The standard InChI is InChI=1S/3C20H21F3N10O9P2S2/c3*21-9-7-3-37-44(36,46)42-13-8(40-18(20(13,22)23)33-14-10(30-31-33)6(24)1-2-26-14)4-38-43(35,45)41-12(9)17(39-7)32-5-27-11-15(32)28-19(25)29-16(11)34/h3*1-2,5,7-9,12-13,17-18H,3-4H2,(H2,24,26)(H,35,45)(H,36,46)(H3,25,28,29,34)/t3*7-,8-,9-,12-,13-,17-,18-,43?,44?/m111/s1. The summed E-state index contributed by atoms with van der Waals surface area (Å²) in [6, 6.07) is 4.16. The Morgan fingerprint density at radius 2 is 0.587 bits per heavy atom. The minimum Gasteiger partial charge on any atom is -0.397 e. The first-order valence-electron chi connectivity index (χ1n) is 38.9. The SMILES string of the molecule is Nc1nc2c(ncn2[C@@H]2O[C@@H]3COP(O)(=S)O[C@@H]4[C@@H](COP(O)(=S)O[C@@H]2[C@@H]3F)O[C@@H](n2nnc3c(N)ccnc32)C4(F)F)c(=O)[nH]1.Nc1nc2c(ncn2[C@@H]2O[C@@H]3COP(O)(=S)O[C@@H]4[C@@H](COP(O)(=S)O[C@@H]2[C@@H]3F)O[C@@H](n2nnc3c(N)ccnc32)C4(F)F)c(=O)[nH]1.Nc1nc2c(ncn2[C@@H]2O[C@@H]3COP(O)(=S)O[C@@H]4[C@@H](COP(O)(=S)O[C@@H]2[C@@H]3F)O[C@@H](n2nnc3c(N)ccnc32)C4(F)F)c(=O)[nH]1. The molecule has 0 amide bonds. The molecular weight excluding hydrogens is 2120 g/mol. The Balaban J connectivity index is 0.000000132. The van der Waals surface area contributed by atoms with Gasteiger partial charge in [-0.2, -0.15) is 55.3 Å². The number of hydrogen-bond acceptors (Lipinski definition) is 48. The number of nitrogens with one attached hydrogen (secondary N) is 3. The number of alkyl halides is 9. The smallest absolute Gasteiger partial charge is 0.325 e. The molecule has 0 radical (unpaired) electrons. The van der Waals surface area contributed by atoms with Gasteiger partial charge in [-0.25, -0.2) is 43.1 Å². The highest BCUT2D eigenvalue weighted by Gasteiger charge is 2.68. The van der Waals surface area contributed by atoms with Gasteiger partial charge in [0.25, 0.3) is 16.7 Å². The zero-order valence-electron chi connectivity index (χ0n) is 67.7. The van der Waals surface area contributed by atoms with Gasteiger partial charge in [-0.3, -0.25) is 70.2 Å². The maximum atomic E-state index is 16.0. The normalized spacial score (nSPS) is 36.7. The Hall–Kier alpha value is -8.19. The van der Waals surface area contributed by atoms with Crippen molar-refractivity contribution in [3.8, 4) is 0 Å². The summed E-state index contributed by atoms with van der Waals surface area (Å²) in [6.07, 6.45) is -33.4. The summed E-state index contributed by atoms with van der Waals surface area (Å²) in [5, 5.41) is 22.5. The van der Waals surface area contributed by atoms with Crippen LogP contribution in [-0.2, 0) is 154 Å². The third kappa shape index (κ3) is 18.4. The fourth-order valence-electron chi connectivity index (χ4n) is 15.6. The molecular formula is C60H63F9N30O27P6S6. The molecule has 21 heterocycles. The highest BCUT2D eigenvalue weighted by Crippen LogP contribution is 2.62. The fourth-order valence-corrected chi connectivity index (χ4v) is 24.1. The molecule has 9 aliphatic rings. The lowest BCUT2D eigenvalue weighted by molar-refractivity contribution is -0.140. The second-order valence-corrected chi connectivity index (χ2v) is 47.4. The highest BCUT2D eigenvalue weighted by molar-refractivity contribution is 8.08. The molecule has 21 N–H and O–H groups in total. The van der Waals surface area contributed by atoms with Crippen LogP contribution in [0.1, 0.15) is 37.4 Å². The van der Waals surface area contributed by atoms with E-state index >= 15 is 39.5 Å². The Labute approximate surface area is 786 Å². The number of anilines is 6. The summed E-state index contributed by atoms with van der Waals surface area (Å²) in [6.45, 7) is -32.6. The summed E-state index contributed by atoms with van der Waals surface area (Å²) >= 11 is 30.3. The Kier molecular flexibility index (Phi) is 25.9. The number of ether oxygens (including phenoxy) is 6. The van der Waals surface area contributed by atoms with Crippen molar-refractivity contribution >= 4 is 213 Å². The number of H-pyrrole nitrogens is 3. The van der Waals surface area contributed by atoms with Crippen molar-refractivity contribution in [1.29, 1.82) is 0 Å². The van der Waals surface area contributed by atoms with Gasteiger partial charge in [0, 0.05) is 18.6 Å². The molecule has 6 unspecified atom stereocenters. The molecule has 0 aromatic carbocycles. The molecule has 6 bridgehead atoms. The summed E-state index contributed by atoms with van der Waals surface area (Å²) in [5.41, 5.74) is 31.3. The van der Waals surface area contributed by atoms with Crippen LogP contribution in [-0.4, -0.2) is 297 Å². The van der Waals surface area contributed by atoms with Crippen LogP contribution in [0.4, 0.5) is 74.4 Å². The average molecular weight is 2190 g/mol. The van der Waals surface area contributed by atoms with Gasteiger partial charge in [-0.05, 0) is 89.0 Å². The van der Waals surface area contributed by atoms with Crippen LogP contribution in [0.3, 0.4) is 0 Å². The van der Waals surface area contributed by atoms with Crippen LogP contribution in [0.5, 0.6) is 0 Å². The van der Waals surface area contributed by atoms with E-state index < -0.39 is 244 Å². The number of aromatic amines is 3. The van der Waals surface area contributed by atoms with E-state index in [1.807, 2.05) is 0 Å². The molecule has 744 valence electrons.